The quantitative estimate of drug-likeness (QED) is 0.504. The molecule has 0 bridgehead atoms. The predicted molar refractivity (Wildman–Crippen MR) is 66.0 cm³/mol. The second-order valence-electron chi connectivity index (χ2n) is 4.30. The maximum Gasteiger partial charge on any atom is 0.313 e. The number of rotatable bonds is 5. The summed E-state index contributed by atoms with van der Waals surface area (Å²) < 4.78 is 27.4. The van der Waals surface area contributed by atoms with E-state index in [1.807, 2.05) is 0 Å². The number of ether oxygens (including phenoxy) is 1. The lowest BCUT2D eigenvalue weighted by Crippen LogP contribution is -2.33. The first-order chi connectivity index (χ1) is 8.43. The summed E-state index contributed by atoms with van der Waals surface area (Å²) in [6.45, 7) is 3.00. The highest BCUT2D eigenvalue weighted by Crippen LogP contribution is 2.05. The van der Waals surface area contributed by atoms with Gasteiger partial charge in [0, 0.05) is 6.54 Å². The lowest BCUT2D eigenvalue weighted by Gasteiger charge is -2.17. The fraction of sp³-hybridized carbons (Fsp3) is 0.818. The third-order valence-corrected chi connectivity index (χ3v) is 4.41. The zero-order chi connectivity index (χ0) is 13.6. The van der Waals surface area contributed by atoms with Gasteiger partial charge in [0.1, 0.15) is 6.42 Å². The van der Waals surface area contributed by atoms with Crippen molar-refractivity contribution in [3.63, 3.8) is 0 Å². The standard InChI is InChI=1S/C11H19NO5S/c1-2-17-11(14)8-10(13)9-12-4-3-6-18(15,16)7-5-12/h2-9H2,1H3. The van der Waals surface area contributed by atoms with E-state index in [0.29, 0.717) is 19.5 Å². The average Bonchev–Trinajstić information content (AvgIpc) is 2.40. The number of hydrogen-bond donors (Lipinski definition) is 0. The molecule has 1 aliphatic rings. The number of hydrogen-bond acceptors (Lipinski definition) is 6. The summed E-state index contributed by atoms with van der Waals surface area (Å²) in [5, 5.41) is 0. The second kappa shape index (κ2) is 6.84. The van der Waals surface area contributed by atoms with E-state index in [9.17, 15) is 18.0 Å². The lowest BCUT2D eigenvalue weighted by atomic mass is 10.2. The number of nitrogens with zero attached hydrogens (tertiary/aromatic N) is 1. The van der Waals surface area contributed by atoms with Gasteiger partial charge in [0.05, 0.1) is 24.7 Å². The van der Waals surface area contributed by atoms with Crippen LogP contribution in [0.1, 0.15) is 19.8 Å². The SMILES string of the molecule is CCOC(=O)CC(=O)CN1CCCS(=O)(=O)CC1. The van der Waals surface area contributed by atoms with Gasteiger partial charge in [-0.15, -0.1) is 0 Å². The Hall–Kier alpha value is -0.950. The van der Waals surface area contributed by atoms with Crippen LogP contribution in [0, 0.1) is 0 Å². The highest BCUT2D eigenvalue weighted by Gasteiger charge is 2.21. The zero-order valence-electron chi connectivity index (χ0n) is 10.6. The lowest BCUT2D eigenvalue weighted by molar-refractivity contribution is -0.145. The van der Waals surface area contributed by atoms with Crippen LogP contribution in [0.15, 0.2) is 0 Å². The van der Waals surface area contributed by atoms with Crippen molar-refractivity contribution in [3.05, 3.63) is 0 Å². The molecule has 1 fully saturated rings. The van der Waals surface area contributed by atoms with E-state index in [2.05, 4.69) is 4.74 Å². The maximum absolute atomic E-state index is 11.6. The molecule has 0 radical (unpaired) electrons. The van der Waals surface area contributed by atoms with E-state index in [1.54, 1.807) is 11.8 Å². The monoisotopic (exact) mass is 277 g/mol. The van der Waals surface area contributed by atoms with E-state index < -0.39 is 15.8 Å². The Morgan fingerprint density at radius 1 is 1.22 bits per heavy atom. The van der Waals surface area contributed by atoms with Gasteiger partial charge in [-0.2, -0.15) is 0 Å². The minimum absolute atomic E-state index is 0.0830. The zero-order valence-corrected chi connectivity index (χ0v) is 11.4. The maximum atomic E-state index is 11.6. The molecule has 0 unspecified atom stereocenters. The van der Waals surface area contributed by atoms with Gasteiger partial charge < -0.3 is 4.74 Å². The van der Waals surface area contributed by atoms with Gasteiger partial charge in [0.15, 0.2) is 15.6 Å². The van der Waals surface area contributed by atoms with Crippen LogP contribution < -0.4 is 0 Å². The van der Waals surface area contributed by atoms with Crippen LogP contribution in [-0.4, -0.2) is 62.8 Å². The molecule has 0 aliphatic carbocycles. The number of carbonyl (C=O) groups excluding carboxylic acids is 2. The Bertz CT molecular complexity index is 404. The molecule has 0 aromatic heterocycles. The van der Waals surface area contributed by atoms with Crippen LogP contribution in [-0.2, 0) is 24.2 Å². The minimum Gasteiger partial charge on any atom is -0.466 e. The summed E-state index contributed by atoms with van der Waals surface area (Å²) in [5.74, 6) is -0.493. The molecule has 1 saturated heterocycles. The molecule has 18 heavy (non-hydrogen) atoms. The summed E-state index contributed by atoms with van der Waals surface area (Å²) in [6, 6.07) is 0. The molecule has 0 amide bonds. The van der Waals surface area contributed by atoms with Crippen LogP contribution >= 0.6 is 0 Å². The number of carbonyl (C=O) groups is 2. The van der Waals surface area contributed by atoms with Crippen LogP contribution in [0.5, 0.6) is 0 Å². The fourth-order valence-electron chi connectivity index (χ4n) is 1.83. The van der Waals surface area contributed by atoms with Crippen LogP contribution in [0.25, 0.3) is 0 Å². The summed E-state index contributed by atoms with van der Waals surface area (Å²) in [5.41, 5.74) is 0. The first kappa shape index (κ1) is 15.1. The van der Waals surface area contributed by atoms with Crippen molar-refractivity contribution in [2.24, 2.45) is 0 Å². The molecule has 0 atom stereocenters. The van der Waals surface area contributed by atoms with Gasteiger partial charge in [0.2, 0.25) is 0 Å². The molecule has 0 spiro atoms. The smallest absolute Gasteiger partial charge is 0.313 e. The van der Waals surface area contributed by atoms with E-state index in [0.717, 1.165) is 0 Å². The largest absolute Gasteiger partial charge is 0.466 e. The number of ketones is 1. The van der Waals surface area contributed by atoms with Gasteiger partial charge >= 0.3 is 5.97 Å². The molecule has 6 nitrogen and oxygen atoms in total. The molecule has 1 aliphatic heterocycles. The molecule has 0 saturated carbocycles. The van der Waals surface area contributed by atoms with E-state index in [-0.39, 0.29) is 36.9 Å². The highest BCUT2D eigenvalue weighted by atomic mass is 32.2. The third kappa shape index (κ3) is 5.59. The summed E-state index contributed by atoms with van der Waals surface area (Å²) in [7, 11) is -2.96. The van der Waals surface area contributed by atoms with Gasteiger partial charge in [-0.25, -0.2) is 8.42 Å². The second-order valence-corrected chi connectivity index (χ2v) is 6.61. The van der Waals surface area contributed by atoms with Crippen LogP contribution in [0.3, 0.4) is 0 Å². The first-order valence-electron chi connectivity index (χ1n) is 6.03. The van der Waals surface area contributed by atoms with Gasteiger partial charge in [0.25, 0.3) is 0 Å². The van der Waals surface area contributed by atoms with Crippen molar-refractivity contribution in [1.29, 1.82) is 0 Å². The predicted octanol–water partition coefficient (Wildman–Crippen LogP) is -0.371. The Morgan fingerprint density at radius 3 is 2.61 bits per heavy atom. The summed E-state index contributed by atoms with van der Waals surface area (Å²) >= 11 is 0. The van der Waals surface area contributed by atoms with Crippen molar-refractivity contribution in [3.8, 4) is 0 Å². The van der Waals surface area contributed by atoms with E-state index in [1.165, 1.54) is 0 Å². The first-order valence-corrected chi connectivity index (χ1v) is 7.85. The topological polar surface area (TPSA) is 80.8 Å². The molecule has 1 rings (SSSR count). The van der Waals surface area contributed by atoms with Crippen molar-refractivity contribution >= 4 is 21.6 Å². The summed E-state index contributed by atoms with van der Waals surface area (Å²) in [6.07, 6.45) is 0.298. The van der Waals surface area contributed by atoms with Crippen molar-refractivity contribution in [2.45, 2.75) is 19.8 Å². The molecule has 0 N–H and O–H groups in total. The molecule has 104 valence electrons. The third-order valence-electron chi connectivity index (χ3n) is 2.69. The number of sulfone groups is 1. The Labute approximate surface area is 107 Å². The van der Waals surface area contributed by atoms with Crippen LogP contribution in [0.2, 0.25) is 0 Å². The number of Topliss-reactive ketones (excluding diaryl/α,β-unsaturated/α-hetero) is 1. The van der Waals surface area contributed by atoms with Crippen molar-refractivity contribution in [2.75, 3.05) is 37.7 Å². The van der Waals surface area contributed by atoms with Crippen molar-refractivity contribution in [1.82, 2.24) is 4.90 Å². The highest BCUT2D eigenvalue weighted by molar-refractivity contribution is 7.91. The van der Waals surface area contributed by atoms with Gasteiger partial charge in [-0.3, -0.25) is 14.5 Å². The van der Waals surface area contributed by atoms with Crippen LogP contribution in [0.4, 0.5) is 0 Å². The molecular weight excluding hydrogens is 258 g/mol. The molecule has 0 aromatic rings. The van der Waals surface area contributed by atoms with Gasteiger partial charge in [-0.05, 0) is 19.9 Å². The Morgan fingerprint density at radius 2 is 1.94 bits per heavy atom. The summed E-state index contributed by atoms with van der Waals surface area (Å²) in [4.78, 5) is 24.5. The van der Waals surface area contributed by atoms with E-state index >= 15 is 0 Å². The molecule has 1 heterocycles. The molecular formula is C11H19NO5S. The van der Waals surface area contributed by atoms with Crippen molar-refractivity contribution < 1.29 is 22.7 Å². The Balaban J connectivity index is 2.38. The fourth-order valence-corrected chi connectivity index (χ4v) is 3.14. The van der Waals surface area contributed by atoms with E-state index in [4.69, 9.17) is 0 Å². The average molecular weight is 277 g/mol. The van der Waals surface area contributed by atoms with Gasteiger partial charge in [-0.1, -0.05) is 0 Å². The normalized spacial score (nSPS) is 20.1. The minimum atomic E-state index is -2.96. The molecule has 7 heteroatoms. The molecule has 0 aromatic carbocycles. The Kier molecular flexibility index (Phi) is 5.74. The number of esters is 1.